The highest BCUT2D eigenvalue weighted by Gasteiger charge is 2.16. The van der Waals surface area contributed by atoms with Crippen molar-refractivity contribution in [3.05, 3.63) is 89.5 Å². The average molecular weight is 478 g/mol. The van der Waals surface area contributed by atoms with Crippen molar-refractivity contribution >= 4 is 41.2 Å². The number of carboxylic acid groups (broad SMARTS) is 1. The Kier molecular flexibility index (Phi) is 7.65. The van der Waals surface area contributed by atoms with E-state index in [1.807, 2.05) is 48.5 Å². The Morgan fingerprint density at radius 1 is 1.00 bits per heavy atom. The first-order valence-corrected chi connectivity index (χ1v) is 10.4. The number of benzene rings is 3. The van der Waals surface area contributed by atoms with Gasteiger partial charge in [-0.2, -0.15) is 0 Å². The molecule has 4 aromatic rings. The quantitative estimate of drug-likeness (QED) is 0.227. The average Bonchev–Trinajstić information content (AvgIpc) is 3.17. The standard InChI is InChI=1S/C25H23N5O3.ClH/c26-23(27)17-6-8-18(9-7-17)24-29-20-14-19(25(33)28-13-12-22(31)32)10-11-21(20)30(24)15-16-4-2-1-3-5-16;/h1-11,14H,12-13,15H2,(H3,26,27)(H,28,33)(H,31,32);1H. The number of nitrogens with zero attached hydrogens (tertiary/aromatic N) is 2. The van der Waals surface area contributed by atoms with E-state index in [9.17, 15) is 9.59 Å². The third kappa shape index (κ3) is 5.41. The zero-order valence-electron chi connectivity index (χ0n) is 18.2. The van der Waals surface area contributed by atoms with Crippen molar-refractivity contribution in [2.45, 2.75) is 13.0 Å². The van der Waals surface area contributed by atoms with Crippen LogP contribution in [0.2, 0.25) is 0 Å². The van der Waals surface area contributed by atoms with E-state index in [1.165, 1.54) is 0 Å². The summed E-state index contributed by atoms with van der Waals surface area (Å²) in [6, 6.07) is 22.6. The van der Waals surface area contributed by atoms with Crippen LogP contribution in [0, 0.1) is 5.41 Å². The number of rotatable bonds is 8. The highest BCUT2D eigenvalue weighted by atomic mass is 35.5. The molecule has 0 saturated heterocycles. The van der Waals surface area contributed by atoms with Gasteiger partial charge in [0.2, 0.25) is 0 Å². The van der Waals surface area contributed by atoms with Crippen molar-refractivity contribution in [2.75, 3.05) is 6.54 Å². The summed E-state index contributed by atoms with van der Waals surface area (Å²) in [4.78, 5) is 28.0. The van der Waals surface area contributed by atoms with Gasteiger partial charge in [-0.1, -0.05) is 54.6 Å². The van der Waals surface area contributed by atoms with E-state index in [-0.39, 0.29) is 37.1 Å². The van der Waals surface area contributed by atoms with Gasteiger partial charge >= 0.3 is 5.97 Å². The number of aliphatic carboxylic acids is 1. The van der Waals surface area contributed by atoms with Crippen molar-refractivity contribution in [1.82, 2.24) is 14.9 Å². The second-order valence-corrected chi connectivity index (χ2v) is 7.60. The van der Waals surface area contributed by atoms with Gasteiger partial charge in [-0.3, -0.25) is 15.0 Å². The molecule has 8 nitrogen and oxygen atoms in total. The molecule has 1 aromatic heterocycles. The SMILES string of the molecule is Cl.N=C(N)c1ccc(-c2nc3cc(C(=O)NCCC(=O)O)ccc3n2Cc2ccccc2)cc1. The van der Waals surface area contributed by atoms with E-state index in [1.54, 1.807) is 24.3 Å². The second-order valence-electron chi connectivity index (χ2n) is 7.60. The van der Waals surface area contributed by atoms with Gasteiger partial charge in [0.1, 0.15) is 11.7 Å². The van der Waals surface area contributed by atoms with E-state index < -0.39 is 5.97 Å². The number of aromatic nitrogens is 2. The van der Waals surface area contributed by atoms with E-state index >= 15 is 0 Å². The number of carbonyl (C=O) groups excluding carboxylic acids is 1. The number of nitrogen functional groups attached to an aromatic ring is 1. The highest BCUT2D eigenvalue weighted by molar-refractivity contribution is 5.98. The lowest BCUT2D eigenvalue weighted by molar-refractivity contribution is -0.136. The number of amidine groups is 1. The number of imidazole rings is 1. The number of carbonyl (C=O) groups is 2. The molecule has 0 atom stereocenters. The van der Waals surface area contributed by atoms with Crippen LogP contribution in [-0.4, -0.2) is 38.9 Å². The topological polar surface area (TPSA) is 134 Å². The molecule has 0 unspecified atom stereocenters. The molecule has 9 heteroatoms. The zero-order valence-corrected chi connectivity index (χ0v) is 19.0. The van der Waals surface area contributed by atoms with Crippen LogP contribution in [-0.2, 0) is 11.3 Å². The Morgan fingerprint density at radius 3 is 2.32 bits per heavy atom. The number of nitrogens with two attached hydrogens (primary N) is 1. The summed E-state index contributed by atoms with van der Waals surface area (Å²) in [5.74, 6) is -0.584. The van der Waals surface area contributed by atoms with Crippen LogP contribution >= 0.6 is 12.4 Å². The molecule has 34 heavy (non-hydrogen) atoms. The maximum absolute atomic E-state index is 12.5. The van der Waals surface area contributed by atoms with Gasteiger partial charge in [-0.15, -0.1) is 12.4 Å². The number of halogens is 1. The normalized spacial score (nSPS) is 10.5. The molecule has 0 radical (unpaired) electrons. The predicted molar refractivity (Wildman–Crippen MR) is 134 cm³/mol. The minimum absolute atomic E-state index is 0. The molecular weight excluding hydrogens is 454 g/mol. The van der Waals surface area contributed by atoms with Crippen LogP contribution in [0.3, 0.4) is 0 Å². The van der Waals surface area contributed by atoms with Crippen LogP contribution in [0.4, 0.5) is 0 Å². The lowest BCUT2D eigenvalue weighted by Gasteiger charge is -2.10. The van der Waals surface area contributed by atoms with Crippen LogP contribution in [0.5, 0.6) is 0 Å². The van der Waals surface area contributed by atoms with E-state index in [0.717, 1.165) is 22.5 Å². The molecule has 3 aromatic carbocycles. The van der Waals surface area contributed by atoms with E-state index in [0.29, 0.717) is 23.2 Å². The summed E-state index contributed by atoms with van der Waals surface area (Å²) >= 11 is 0. The van der Waals surface area contributed by atoms with Gasteiger partial charge in [0.15, 0.2) is 0 Å². The van der Waals surface area contributed by atoms with Gasteiger partial charge in [-0.05, 0) is 23.8 Å². The highest BCUT2D eigenvalue weighted by Crippen LogP contribution is 2.27. The van der Waals surface area contributed by atoms with Crippen LogP contribution in [0.1, 0.15) is 27.9 Å². The minimum Gasteiger partial charge on any atom is -0.481 e. The van der Waals surface area contributed by atoms with Crippen molar-refractivity contribution in [2.24, 2.45) is 5.73 Å². The second kappa shape index (κ2) is 10.6. The Balaban J connectivity index is 0.00000324. The lowest BCUT2D eigenvalue weighted by Crippen LogP contribution is -2.25. The lowest BCUT2D eigenvalue weighted by atomic mass is 10.1. The smallest absolute Gasteiger partial charge is 0.305 e. The van der Waals surface area contributed by atoms with Crippen molar-refractivity contribution < 1.29 is 14.7 Å². The molecule has 0 bridgehead atoms. The van der Waals surface area contributed by atoms with Crippen LogP contribution in [0.25, 0.3) is 22.4 Å². The number of amides is 1. The van der Waals surface area contributed by atoms with Gasteiger partial charge in [0.25, 0.3) is 5.91 Å². The first-order chi connectivity index (χ1) is 15.9. The van der Waals surface area contributed by atoms with Crippen LogP contribution in [0.15, 0.2) is 72.8 Å². The van der Waals surface area contributed by atoms with Gasteiger partial charge in [0, 0.05) is 29.8 Å². The molecule has 174 valence electrons. The summed E-state index contributed by atoms with van der Waals surface area (Å²) in [5.41, 5.74) is 10.1. The number of hydrogen-bond acceptors (Lipinski definition) is 4. The van der Waals surface area contributed by atoms with Crippen molar-refractivity contribution in [1.29, 1.82) is 5.41 Å². The zero-order chi connectivity index (χ0) is 23.4. The molecule has 0 aliphatic rings. The number of nitrogens with one attached hydrogen (secondary N) is 2. The third-order valence-electron chi connectivity index (χ3n) is 5.27. The molecule has 1 heterocycles. The molecular formula is C25H24ClN5O3. The molecule has 4 rings (SSSR count). The van der Waals surface area contributed by atoms with E-state index in [4.69, 9.17) is 21.2 Å². The van der Waals surface area contributed by atoms with Crippen molar-refractivity contribution in [3.63, 3.8) is 0 Å². The first-order valence-electron chi connectivity index (χ1n) is 10.4. The molecule has 5 N–H and O–H groups in total. The molecule has 0 spiro atoms. The van der Waals surface area contributed by atoms with Gasteiger partial charge in [0.05, 0.1) is 17.5 Å². The van der Waals surface area contributed by atoms with Gasteiger partial charge in [-0.25, -0.2) is 4.98 Å². The fraction of sp³-hybridized carbons (Fsp3) is 0.120. The molecule has 1 amide bonds. The molecule has 0 saturated carbocycles. The maximum Gasteiger partial charge on any atom is 0.305 e. The fourth-order valence-electron chi connectivity index (χ4n) is 3.60. The molecule has 0 aliphatic heterocycles. The molecule has 0 aliphatic carbocycles. The third-order valence-corrected chi connectivity index (χ3v) is 5.27. The predicted octanol–water partition coefficient (Wildman–Crippen LogP) is 3.66. The first kappa shape index (κ1) is 24.5. The molecule has 0 fully saturated rings. The van der Waals surface area contributed by atoms with Crippen molar-refractivity contribution in [3.8, 4) is 11.4 Å². The van der Waals surface area contributed by atoms with Crippen LogP contribution < -0.4 is 11.1 Å². The summed E-state index contributed by atoms with van der Waals surface area (Å²) in [6.07, 6.45) is -0.139. The maximum atomic E-state index is 12.5. The minimum atomic E-state index is -0.967. The number of fused-ring (bicyclic) bond motifs is 1. The fourth-order valence-corrected chi connectivity index (χ4v) is 3.60. The summed E-state index contributed by atoms with van der Waals surface area (Å²) < 4.78 is 2.08. The number of hydrogen-bond donors (Lipinski definition) is 4. The van der Waals surface area contributed by atoms with E-state index in [2.05, 4.69) is 9.88 Å². The Bertz CT molecular complexity index is 1330. The Hall–Kier alpha value is -4.17. The van der Waals surface area contributed by atoms with Gasteiger partial charge < -0.3 is 20.7 Å². The monoisotopic (exact) mass is 477 g/mol. The summed E-state index contributed by atoms with van der Waals surface area (Å²) in [6.45, 7) is 0.647. The largest absolute Gasteiger partial charge is 0.481 e. The summed E-state index contributed by atoms with van der Waals surface area (Å²) in [5, 5.41) is 19.0. The Morgan fingerprint density at radius 2 is 1.68 bits per heavy atom. The Labute approximate surface area is 202 Å². The summed E-state index contributed by atoms with van der Waals surface area (Å²) in [7, 11) is 0. The number of carboxylic acids is 1.